The van der Waals surface area contributed by atoms with E-state index in [1.165, 1.54) is 34.6 Å². The van der Waals surface area contributed by atoms with Gasteiger partial charge in [0.1, 0.15) is 0 Å². The molecule has 0 spiro atoms. The molecule has 0 aliphatic heterocycles. The SMILES string of the molecule is CC(O)CCC(=O)NCc1cc2c(s1)CCC2. The van der Waals surface area contributed by atoms with E-state index in [0.29, 0.717) is 19.4 Å². The molecule has 0 saturated carbocycles. The molecule has 0 fully saturated rings. The average Bonchev–Trinajstić information content (AvgIpc) is 2.83. The number of carbonyl (C=O) groups is 1. The molecule has 1 heterocycles. The highest BCUT2D eigenvalue weighted by Crippen LogP contribution is 2.30. The van der Waals surface area contributed by atoms with Crippen LogP contribution in [0.25, 0.3) is 0 Å². The molecule has 0 aromatic carbocycles. The van der Waals surface area contributed by atoms with Crippen molar-refractivity contribution in [3.8, 4) is 0 Å². The number of hydrogen-bond donors (Lipinski definition) is 2. The molecule has 1 aromatic heterocycles. The Hall–Kier alpha value is -0.870. The lowest BCUT2D eigenvalue weighted by Gasteiger charge is -2.05. The van der Waals surface area contributed by atoms with Gasteiger partial charge in [-0.15, -0.1) is 11.3 Å². The lowest BCUT2D eigenvalue weighted by atomic mass is 10.2. The van der Waals surface area contributed by atoms with Crippen LogP contribution in [0.2, 0.25) is 0 Å². The van der Waals surface area contributed by atoms with E-state index in [4.69, 9.17) is 5.11 Å². The van der Waals surface area contributed by atoms with Crippen LogP contribution in [0.3, 0.4) is 0 Å². The summed E-state index contributed by atoms with van der Waals surface area (Å²) in [4.78, 5) is 14.2. The summed E-state index contributed by atoms with van der Waals surface area (Å²) in [5.41, 5.74) is 1.48. The van der Waals surface area contributed by atoms with Crippen molar-refractivity contribution in [1.29, 1.82) is 0 Å². The molecular formula is C13H19NO2S. The van der Waals surface area contributed by atoms with Gasteiger partial charge in [-0.05, 0) is 44.2 Å². The Labute approximate surface area is 106 Å². The van der Waals surface area contributed by atoms with Crippen molar-refractivity contribution in [2.75, 3.05) is 0 Å². The van der Waals surface area contributed by atoms with Gasteiger partial charge in [-0.1, -0.05) is 0 Å². The van der Waals surface area contributed by atoms with Gasteiger partial charge in [0, 0.05) is 16.2 Å². The first-order chi connectivity index (χ1) is 8.15. The Morgan fingerprint density at radius 2 is 2.41 bits per heavy atom. The molecule has 1 amide bonds. The van der Waals surface area contributed by atoms with Crippen LogP contribution in [0.5, 0.6) is 0 Å². The highest BCUT2D eigenvalue weighted by Gasteiger charge is 2.14. The lowest BCUT2D eigenvalue weighted by molar-refractivity contribution is -0.121. The molecule has 0 saturated heterocycles. The quantitative estimate of drug-likeness (QED) is 0.843. The number of nitrogens with one attached hydrogen (secondary N) is 1. The zero-order chi connectivity index (χ0) is 12.3. The van der Waals surface area contributed by atoms with Crippen LogP contribution in [-0.4, -0.2) is 17.1 Å². The van der Waals surface area contributed by atoms with Gasteiger partial charge in [0.15, 0.2) is 0 Å². The number of carbonyl (C=O) groups excluding carboxylic acids is 1. The molecule has 17 heavy (non-hydrogen) atoms. The molecule has 1 aromatic rings. The highest BCUT2D eigenvalue weighted by atomic mass is 32.1. The van der Waals surface area contributed by atoms with Gasteiger partial charge in [0.25, 0.3) is 0 Å². The first-order valence-corrected chi connectivity index (χ1v) is 7.02. The van der Waals surface area contributed by atoms with E-state index in [1.807, 2.05) is 11.3 Å². The first kappa shape index (κ1) is 12.6. The molecular weight excluding hydrogens is 234 g/mol. The summed E-state index contributed by atoms with van der Waals surface area (Å²) in [5, 5.41) is 12.0. The Morgan fingerprint density at radius 1 is 1.59 bits per heavy atom. The van der Waals surface area contributed by atoms with Crippen LogP contribution in [0.1, 0.15) is 41.5 Å². The number of aliphatic hydroxyl groups is 1. The van der Waals surface area contributed by atoms with E-state index in [-0.39, 0.29) is 5.91 Å². The van der Waals surface area contributed by atoms with E-state index in [0.717, 1.165) is 0 Å². The number of amides is 1. The lowest BCUT2D eigenvalue weighted by Crippen LogP contribution is -2.23. The second-order valence-electron chi connectivity index (χ2n) is 4.68. The third kappa shape index (κ3) is 3.54. The molecule has 94 valence electrons. The topological polar surface area (TPSA) is 49.3 Å². The molecule has 1 atom stereocenters. The van der Waals surface area contributed by atoms with Gasteiger partial charge in [0.2, 0.25) is 5.91 Å². The zero-order valence-corrected chi connectivity index (χ0v) is 11.0. The molecule has 1 aliphatic rings. The van der Waals surface area contributed by atoms with E-state index in [2.05, 4.69) is 11.4 Å². The van der Waals surface area contributed by atoms with Crippen LogP contribution >= 0.6 is 11.3 Å². The third-order valence-corrected chi connectivity index (χ3v) is 4.28. The predicted molar refractivity (Wildman–Crippen MR) is 69.1 cm³/mol. The van der Waals surface area contributed by atoms with Gasteiger partial charge < -0.3 is 10.4 Å². The van der Waals surface area contributed by atoms with Crippen molar-refractivity contribution >= 4 is 17.2 Å². The summed E-state index contributed by atoms with van der Waals surface area (Å²) in [5.74, 6) is 0.0273. The summed E-state index contributed by atoms with van der Waals surface area (Å²) >= 11 is 1.82. The minimum absolute atomic E-state index is 0.0273. The highest BCUT2D eigenvalue weighted by molar-refractivity contribution is 7.12. The van der Waals surface area contributed by atoms with Gasteiger partial charge in [0.05, 0.1) is 12.6 Å². The fourth-order valence-corrected chi connectivity index (χ4v) is 3.29. The van der Waals surface area contributed by atoms with Crippen LogP contribution in [-0.2, 0) is 24.2 Å². The Bertz CT molecular complexity index is 377. The van der Waals surface area contributed by atoms with E-state index in [1.54, 1.807) is 6.92 Å². The smallest absolute Gasteiger partial charge is 0.220 e. The summed E-state index contributed by atoms with van der Waals surface area (Å²) in [6.07, 6.45) is 4.22. The number of rotatable bonds is 5. The van der Waals surface area contributed by atoms with Crippen LogP contribution < -0.4 is 5.32 Å². The van der Waals surface area contributed by atoms with Crippen molar-refractivity contribution in [3.63, 3.8) is 0 Å². The molecule has 2 rings (SSSR count). The molecule has 2 N–H and O–H groups in total. The van der Waals surface area contributed by atoms with E-state index >= 15 is 0 Å². The van der Waals surface area contributed by atoms with Crippen molar-refractivity contribution in [2.45, 2.75) is 51.7 Å². The van der Waals surface area contributed by atoms with Crippen LogP contribution in [0.15, 0.2) is 6.07 Å². The van der Waals surface area contributed by atoms with Crippen LogP contribution in [0, 0.1) is 0 Å². The Balaban J connectivity index is 1.75. The largest absolute Gasteiger partial charge is 0.393 e. The predicted octanol–water partition coefficient (Wildman–Crippen LogP) is 2.01. The average molecular weight is 253 g/mol. The standard InChI is InChI=1S/C13H19NO2S/c1-9(15)5-6-13(16)14-8-11-7-10-3-2-4-12(10)17-11/h7,9,15H,2-6,8H2,1H3,(H,14,16). The van der Waals surface area contributed by atoms with Gasteiger partial charge in [-0.3, -0.25) is 4.79 Å². The summed E-state index contributed by atoms with van der Waals surface area (Å²) in [6.45, 7) is 2.34. The number of aliphatic hydroxyl groups excluding tert-OH is 1. The molecule has 4 heteroatoms. The fraction of sp³-hybridized carbons (Fsp3) is 0.615. The molecule has 3 nitrogen and oxygen atoms in total. The summed E-state index contributed by atoms with van der Waals surface area (Å²) < 4.78 is 0. The number of aryl methyl sites for hydroxylation is 2. The third-order valence-electron chi connectivity index (χ3n) is 3.05. The minimum Gasteiger partial charge on any atom is -0.393 e. The Morgan fingerprint density at radius 3 is 3.12 bits per heavy atom. The monoisotopic (exact) mass is 253 g/mol. The summed E-state index contributed by atoms with van der Waals surface area (Å²) in [7, 11) is 0. The normalized spacial score (nSPS) is 15.6. The van der Waals surface area contributed by atoms with Crippen molar-refractivity contribution in [1.82, 2.24) is 5.32 Å². The van der Waals surface area contributed by atoms with Crippen LogP contribution in [0.4, 0.5) is 0 Å². The fourth-order valence-electron chi connectivity index (χ4n) is 2.09. The Kier molecular flexibility index (Phi) is 4.18. The number of hydrogen-bond acceptors (Lipinski definition) is 3. The second kappa shape index (κ2) is 5.65. The molecule has 0 bridgehead atoms. The van der Waals surface area contributed by atoms with Crippen molar-refractivity contribution in [2.24, 2.45) is 0 Å². The molecule has 1 unspecified atom stereocenters. The molecule has 0 radical (unpaired) electrons. The molecule has 1 aliphatic carbocycles. The first-order valence-electron chi connectivity index (χ1n) is 6.20. The van der Waals surface area contributed by atoms with E-state index in [9.17, 15) is 4.79 Å². The van der Waals surface area contributed by atoms with Gasteiger partial charge in [-0.25, -0.2) is 0 Å². The maximum atomic E-state index is 11.5. The van der Waals surface area contributed by atoms with Crippen molar-refractivity contribution in [3.05, 3.63) is 21.4 Å². The maximum Gasteiger partial charge on any atom is 0.220 e. The zero-order valence-electron chi connectivity index (χ0n) is 10.2. The second-order valence-corrected chi connectivity index (χ2v) is 5.90. The van der Waals surface area contributed by atoms with Gasteiger partial charge in [-0.2, -0.15) is 0 Å². The number of thiophene rings is 1. The van der Waals surface area contributed by atoms with E-state index < -0.39 is 6.10 Å². The number of fused-ring (bicyclic) bond motifs is 1. The maximum absolute atomic E-state index is 11.5. The minimum atomic E-state index is -0.397. The summed E-state index contributed by atoms with van der Waals surface area (Å²) in [6, 6.07) is 2.22. The van der Waals surface area contributed by atoms with Crippen molar-refractivity contribution < 1.29 is 9.90 Å². The van der Waals surface area contributed by atoms with Gasteiger partial charge >= 0.3 is 0 Å².